The monoisotopic (exact) mass is 326 g/mol. The highest BCUT2D eigenvalue weighted by Gasteiger charge is 2.26. The van der Waals surface area contributed by atoms with Crippen molar-refractivity contribution in [3.8, 4) is 0 Å². The zero-order valence-corrected chi connectivity index (χ0v) is 14.4. The zero-order chi connectivity index (χ0) is 16.8. The molecule has 1 aliphatic heterocycles. The summed E-state index contributed by atoms with van der Waals surface area (Å²) in [5.74, 6) is 3.88. The van der Waals surface area contributed by atoms with Crippen LogP contribution in [0.3, 0.4) is 0 Å². The van der Waals surface area contributed by atoms with Gasteiger partial charge in [-0.25, -0.2) is 0 Å². The molecule has 1 fully saturated rings. The molecule has 1 saturated heterocycles. The maximum atomic E-state index is 12.9. The summed E-state index contributed by atoms with van der Waals surface area (Å²) < 4.78 is 12.9. The van der Waals surface area contributed by atoms with Gasteiger partial charge in [-0.05, 0) is 42.1 Å². The average Bonchev–Trinajstić information content (AvgIpc) is 2.50. The highest BCUT2D eigenvalue weighted by molar-refractivity contribution is 8.04. The molecule has 0 aliphatic carbocycles. The first kappa shape index (κ1) is 18.5. The minimum absolute atomic E-state index is 0.0176. The molecule has 0 spiro atoms. The predicted molar refractivity (Wildman–Crippen MR) is 92.1 cm³/mol. The molecule has 2 amide bonds. The summed E-state index contributed by atoms with van der Waals surface area (Å²) in [4.78, 5) is 24.1. The number of nitrogens with one attached hydrogen (secondary N) is 1. The van der Waals surface area contributed by atoms with E-state index < -0.39 is 9.52 Å². The zero-order valence-electron chi connectivity index (χ0n) is 13.6. The van der Waals surface area contributed by atoms with Crippen LogP contribution in [0, 0.1) is 0 Å². The van der Waals surface area contributed by atoms with Gasteiger partial charge in [0.25, 0.3) is 0 Å². The van der Waals surface area contributed by atoms with Gasteiger partial charge in [-0.15, -0.1) is 0 Å². The van der Waals surface area contributed by atoms with E-state index in [0.717, 1.165) is 29.7 Å². The van der Waals surface area contributed by atoms with Gasteiger partial charge in [0.05, 0.1) is 0 Å². The van der Waals surface area contributed by atoms with Crippen LogP contribution in [0.2, 0.25) is 0 Å². The van der Waals surface area contributed by atoms with Crippen LogP contribution in [0.4, 0.5) is 0 Å². The topological polar surface area (TPSA) is 66.5 Å². The van der Waals surface area contributed by atoms with Crippen molar-refractivity contribution in [3.63, 3.8) is 0 Å². The van der Waals surface area contributed by atoms with Crippen molar-refractivity contribution in [3.05, 3.63) is 22.6 Å². The Hall–Kier alpha value is -1.56. The van der Waals surface area contributed by atoms with Crippen LogP contribution in [0.25, 0.3) is 0 Å². The van der Waals surface area contributed by atoms with E-state index in [4.69, 9.17) is 0 Å². The van der Waals surface area contributed by atoms with E-state index in [2.05, 4.69) is 11.2 Å². The quantitative estimate of drug-likeness (QED) is 0.455. The van der Waals surface area contributed by atoms with Gasteiger partial charge in [-0.2, -0.15) is 0 Å². The van der Waals surface area contributed by atoms with E-state index in [1.54, 1.807) is 4.90 Å². The molecule has 1 heterocycles. The van der Waals surface area contributed by atoms with Crippen molar-refractivity contribution < 1.29 is 13.8 Å². The molecule has 1 unspecified atom stereocenters. The lowest BCUT2D eigenvalue weighted by molar-refractivity contribution is -0.119. The van der Waals surface area contributed by atoms with Gasteiger partial charge in [0.2, 0.25) is 12.3 Å². The third kappa shape index (κ3) is 5.33. The summed E-state index contributed by atoms with van der Waals surface area (Å²) in [7, 11) is -2.33. The normalized spacial score (nSPS) is 20.4. The lowest BCUT2D eigenvalue weighted by atomic mass is 10.1. The summed E-state index contributed by atoms with van der Waals surface area (Å²) in [6.07, 6.45) is 5.99. The summed E-state index contributed by atoms with van der Waals surface area (Å²) >= 11 is 0. The number of allylic oxidation sites excluding steroid dienone is 3. The van der Waals surface area contributed by atoms with Crippen molar-refractivity contribution in [1.29, 1.82) is 0 Å². The van der Waals surface area contributed by atoms with Crippen LogP contribution in [-0.2, 0) is 19.1 Å². The molecule has 0 aromatic rings. The Morgan fingerprint density at radius 2 is 1.86 bits per heavy atom. The van der Waals surface area contributed by atoms with Gasteiger partial charge in [0.15, 0.2) is 0 Å². The van der Waals surface area contributed by atoms with E-state index in [-0.39, 0.29) is 11.2 Å². The maximum absolute atomic E-state index is 12.9. The molecule has 1 N–H and O–H groups in total. The molecule has 1 atom stereocenters. The van der Waals surface area contributed by atoms with Gasteiger partial charge in [0.1, 0.15) is 0 Å². The fourth-order valence-electron chi connectivity index (χ4n) is 2.32. The Labute approximate surface area is 133 Å². The molecule has 22 heavy (non-hydrogen) atoms. The molecule has 0 bridgehead atoms. The third-order valence-corrected chi connectivity index (χ3v) is 6.70. The fraction of sp³-hybridized carbons (Fsp3) is 0.562. The van der Waals surface area contributed by atoms with Gasteiger partial charge in [-0.1, -0.05) is 17.7 Å². The Balaban J connectivity index is 2.71. The highest BCUT2D eigenvalue weighted by Crippen LogP contribution is 2.23. The Morgan fingerprint density at radius 3 is 2.36 bits per heavy atom. The van der Waals surface area contributed by atoms with Crippen LogP contribution in [-0.4, -0.2) is 52.2 Å². The number of hydrogen-bond donors (Lipinski definition) is 1. The first-order chi connectivity index (χ1) is 10.3. The largest absolute Gasteiger partial charge is 0.353 e. The predicted octanol–water partition coefficient (Wildman–Crippen LogP) is 1.31. The molecular formula is C16H26N2O3S. The molecule has 124 valence electrons. The van der Waals surface area contributed by atoms with Gasteiger partial charge in [-0.3, -0.25) is 13.8 Å². The number of carbonyl (C=O) groups is 2. The second kappa shape index (κ2) is 8.17. The standard InChI is InChI=1S/C16H26N2O3S/c1-13(11-17-15(3)20)5-6-14(2)22(4,21)16-7-9-18(12-19)10-8-16/h5-6,12,16H,4,7-11H2,1-3H3,(H,17,20)/b13-5+,14-6+. The van der Waals surface area contributed by atoms with Crippen LogP contribution >= 0.6 is 0 Å². The number of rotatable bonds is 6. The molecule has 1 aliphatic rings. The summed E-state index contributed by atoms with van der Waals surface area (Å²) in [6.45, 7) is 6.99. The van der Waals surface area contributed by atoms with E-state index in [0.29, 0.717) is 19.6 Å². The lowest BCUT2D eigenvalue weighted by Gasteiger charge is -2.31. The Bertz CT molecular complexity index is 568. The average molecular weight is 326 g/mol. The minimum Gasteiger partial charge on any atom is -0.353 e. The lowest BCUT2D eigenvalue weighted by Crippen LogP contribution is -2.38. The summed E-state index contributed by atoms with van der Waals surface area (Å²) in [5, 5.41) is 2.74. The third-order valence-electron chi connectivity index (χ3n) is 3.93. The molecule has 0 saturated carbocycles. The number of piperidine rings is 1. The Kier molecular flexibility index (Phi) is 6.87. The molecule has 5 nitrogen and oxygen atoms in total. The molecule has 0 aromatic heterocycles. The maximum Gasteiger partial charge on any atom is 0.217 e. The minimum atomic E-state index is -2.33. The molecule has 1 rings (SSSR count). The molecule has 0 radical (unpaired) electrons. The number of likely N-dealkylation sites (tertiary alicyclic amines) is 1. The smallest absolute Gasteiger partial charge is 0.217 e. The van der Waals surface area contributed by atoms with Crippen molar-refractivity contribution >= 4 is 27.7 Å². The molecular weight excluding hydrogens is 300 g/mol. The number of hydrogen-bond acceptors (Lipinski definition) is 3. The van der Waals surface area contributed by atoms with Crippen LogP contribution in [0.5, 0.6) is 0 Å². The van der Waals surface area contributed by atoms with Crippen LogP contribution in [0.1, 0.15) is 33.6 Å². The number of nitrogens with zero attached hydrogens (tertiary/aromatic N) is 1. The number of carbonyl (C=O) groups excluding carboxylic acids is 2. The van der Waals surface area contributed by atoms with E-state index in [1.165, 1.54) is 6.92 Å². The fourth-order valence-corrected chi connectivity index (χ4v) is 4.12. The second-order valence-electron chi connectivity index (χ2n) is 5.77. The van der Waals surface area contributed by atoms with Crippen molar-refractivity contribution in [2.45, 2.75) is 38.9 Å². The van der Waals surface area contributed by atoms with Gasteiger partial charge < -0.3 is 10.2 Å². The van der Waals surface area contributed by atoms with E-state index >= 15 is 0 Å². The Morgan fingerprint density at radius 1 is 1.27 bits per heavy atom. The van der Waals surface area contributed by atoms with Crippen molar-refractivity contribution in [2.24, 2.45) is 0 Å². The molecule has 0 aromatic carbocycles. The van der Waals surface area contributed by atoms with E-state index in [1.807, 2.05) is 26.0 Å². The summed E-state index contributed by atoms with van der Waals surface area (Å²) in [6, 6.07) is 0. The van der Waals surface area contributed by atoms with Gasteiger partial charge in [0, 0.05) is 36.7 Å². The first-order valence-electron chi connectivity index (χ1n) is 7.41. The van der Waals surface area contributed by atoms with E-state index in [9.17, 15) is 13.8 Å². The van der Waals surface area contributed by atoms with Crippen LogP contribution < -0.4 is 5.32 Å². The van der Waals surface area contributed by atoms with Gasteiger partial charge >= 0.3 is 0 Å². The van der Waals surface area contributed by atoms with Crippen molar-refractivity contribution in [2.75, 3.05) is 19.6 Å². The second-order valence-corrected chi connectivity index (χ2v) is 8.53. The van der Waals surface area contributed by atoms with Crippen molar-refractivity contribution in [1.82, 2.24) is 10.2 Å². The molecule has 6 heteroatoms. The highest BCUT2D eigenvalue weighted by atomic mass is 32.2. The summed E-state index contributed by atoms with van der Waals surface area (Å²) in [5.41, 5.74) is 0.987. The first-order valence-corrected chi connectivity index (χ1v) is 9.20. The van der Waals surface area contributed by atoms with Crippen LogP contribution in [0.15, 0.2) is 22.6 Å². The number of amides is 2. The SMILES string of the molecule is C=S(=O)(/C(C)=C/C=C(\C)CNC(C)=O)C1CCN(C=O)CC1.